The molecule has 2 saturated heterocycles. The van der Waals surface area contributed by atoms with Crippen LogP contribution in [-0.2, 0) is 27.2 Å². The van der Waals surface area contributed by atoms with Crippen molar-refractivity contribution in [3.63, 3.8) is 0 Å². The number of nitrogens with one attached hydrogen (secondary N) is 1. The molecule has 3 heterocycles. The Hall–Kier alpha value is -2.21. The van der Waals surface area contributed by atoms with Gasteiger partial charge >= 0.3 is 12.0 Å². The van der Waals surface area contributed by atoms with Crippen LogP contribution in [0.4, 0.5) is 4.79 Å². The molecule has 0 radical (unpaired) electrons. The van der Waals surface area contributed by atoms with E-state index < -0.39 is 24.6 Å². The second kappa shape index (κ2) is 14.3. The average molecular weight is 741 g/mol. The van der Waals surface area contributed by atoms with E-state index in [2.05, 4.69) is 54.0 Å². The predicted molar refractivity (Wildman–Crippen MR) is 170 cm³/mol. The van der Waals surface area contributed by atoms with E-state index in [1.165, 1.54) is 23.8 Å². The summed E-state index contributed by atoms with van der Waals surface area (Å²) in [6, 6.07) is 4.77. The molecular weight excluding hydrogens is 704 g/mol. The zero-order chi connectivity index (χ0) is 30.7. The molecule has 232 valence electrons. The number of halogens is 3. The van der Waals surface area contributed by atoms with E-state index in [4.69, 9.17) is 16.6 Å². The quantitative estimate of drug-likeness (QED) is 0.400. The van der Waals surface area contributed by atoms with Crippen molar-refractivity contribution in [3.8, 4) is 0 Å². The molecule has 1 aliphatic carbocycles. The molecule has 3 aliphatic rings. The Bertz CT molecular complexity index is 1360. The Morgan fingerprint density at radius 2 is 1.72 bits per heavy atom. The largest absolute Gasteiger partial charge is 0.467 e. The van der Waals surface area contributed by atoms with Crippen LogP contribution in [0.2, 0.25) is 5.02 Å². The number of aryl methyl sites for hydroxylation is 2. The molecular formula is C31H37Br2ClN4O5. The van der Waals surface area contributed by atoms with Crippen molar-refractivity contribution < 1.29 is 24.2 Å². The Morgan fingerprint density at radius 3 is 2.40 bits per heavy atom. The highest BCUT2D eigenvalue weighted by Gasteiger charge is 2.37. The van der Waals surface area contributed by atoms with E-state index in [0.717, 1.165) is 45.3 Å². The fraction of sp³-hybridized carbons (Fsp3) is 0.548. The number of amides is 3. The maximum Gasteiger partial charge on any atom is 0.330 e. The number of hydrogen-bond donors (Lipinski definition) is 2. The molecule has 9 nitrogen and oxygen atoms in total. The van der Waals surface area contributed by atoms with Gasteiger partial charge in [0, 0.05) is 58.7 Å². The first-order chi connectivity index (χ1) is 20.7. The molecule has 0 spiro atoms. The van der Waals surface area contributed by atoms with Gasteiger partial charge in [0.15, 0.2) is 6.04 Å². The Balaban J connectivity index is 1.18. The first kappa shape index (κ1) is 32.2. The van der Waals surface area contributed by atoms with E-state index >= 15 is 0 Å². The van der Waals surface area contributed by atoms with Crippen LogP contribution in [0.5, 0.6) is 0 Å². The van der Waals surface area contributed by atoms with Crippen LogP contribution in [0.25, 0.3) is 0 Å². The van der Waals surface area contributed by atoms with Gasteiger partial charge in [-0.3, -0.25) is 9.78 Å². The van der Waals surface area contributed by atoms with Crippen molar-refractivity contribution in [1.29, 1.82) is 0 Å². The highest BCUT2D eigenvalue weighted by molar-refractivity contribution is 9.10. The standard InChI is InChI=1S/C31H37Br2ClN4O5/c1-43-30(41)25(17-39)36-31(42)38-8-4-18(5-9-38)12-26(40)37-10-6-19(7-11-37)28-27-20(14-23(34)15-24(27)33)2-3-21-13-22(32)16-35-29(21)28/h13-16,18-19,25,28,39H,2-12,17H2,1H3,(H,36,42)/t25-,28+/m0/s1. The number of hydrogen-bond acceptors (Lipinski definition) is 6. The van der Waals surface area contributed by atoms with Gasteiger partial charge in [-0.05, 0) is 101 Å². The van der Waals surface area contributed by atoms with Crippen LogP contribution in [0.1, 0.15) is 60.4 Å². The van der Waals surface area contributed by atoms with Crippen LogP contribution in [0.15, 0.2) is 33.3 Å². The number of urea groups is 1. The van der Waals surface area contributed by atoms with E-state index in [-0.39, 0.29) is 17.7 Å². The second-order valence-corrected chi connectivity index (χ2v) is 13.9. The minimum atomic E-state index is -1.09. The summed E-state index contributed by atoms with van der Waals surface area (Å²) in [5, 5.41) is 12.6. The van der Waals surface area contributed by atoms with Crippen molar-refractivity contribution in [2.75, 3.05) is 39.9 Å². The third kappa shape index (κ3) is 7.37. The zero-order valence-corrected chi connectivity index (χ0v) is 28.1. The SMILES string of the molecule is COC(=O)[C@H](CO)NC(=O)N1CCC(CC(=O)N2CCC([C@H]3c4ncc(Br)cc4CCc4cc(Cl)cc(Br)c43)CC2)CC1. The topological polar surface area (TPSA) is 112 Å². The van der Waals surface area contributed by atoms with Crippen molar-refractivity contribution >= 4 is 61.4 Å². The third-order valence-electron chi connectivity index (χ3n) is 9.11. The van der Waals surface area contributed by atoms with Gasteiger partial charge in [0.25, 0.3) is 0 Å². The maximum absolute atomic E-state index is 13.4. The van der Waals surface area contributed by atoms with Crippen molar-refractivity contribution in [2.45, 2.75) is 56.9 Å². The summed E-state index contributed by atoms with van der Waals surface area (Å²) in [5.74, 6) is 0.162. The van der Waals surface area contributed by atoms with E-state index in [1.807, 2.05) is 17.2 Å². The van der Waals surface area contributed by atoms with Gasteiger partial charge in [-0.2, -0.15) is 0 Å². The summed E-state index contributed by atoms with van der Waals surface area (Å²) < 4.78 is 6.62. The van der Waals surface area contributed by atoms with Crippen molar-refractivity contribution in [3.05, 3.63) is 60.7 Å². The van der Waals surface area contributed by atoms with E-state index in [9.17, 15) is 19.5 Å². The van der Waals surface area contributed by atoms with Gasteiger partial charge in [-0.25, -0.2) is 9.59 Å². The van der Waals surface area contributed by atoms with Crippen LogP contribution in [-0.4, -0.2) is 83.7 Å². The van der Waals surface area contributed by atoms with Gasteiger partial charge in [-0.1, -0.05) is 27.5 Å². The average Bonchev–Trinajstić information content (AvgIpc) is 3.16. The molecule has 5 rings (SSSR count). The number of fused-ring (bicyclic) bond motifs is 2. The number of carbonyl (C=O) groups is 3. The second-order valence-electron chi connectivity index (χ2n) is 11.7. The highest BCUT2D eigenvalue weighted by atomic mass is 79.9. The fourth-order valence-electron chi connectivity index (χ4n) is 6.79. The molecule has 1 aromatic heterocycles. The lowest BCUT2D eigenvalue weighted by molar-refractivity contribution is -0.144. The molecule has 12 heteroatoms. The number of aromatic nitrogens is 1. The molecule has 0 unspecified atom stereocenters. The van der Waals surface area contributed by atoms with Gasteiger partial charge in [0.2, 0.25) is 5.91 Å². The van der Waals surface area contributed by atoms with Crippen molar-refractivity contribution in [1.82, 2.24) is 20.1 Å². The molecule has 2 atom stereocenters. The van der Waals surface area contributed by atoms with Gasteiger partial charge in [0.05, 0.1) is 19.4 Å². The van der Waals surface area contributed by atoms with Crippen molar-refractivity contribution in [2.24, 2.45) is 11.8 Å². The first-order valence-electron chi connectivity index (χ1n) is 14.8. The Morgan fingerprint density at radius 1 is 1.05 bits per heavy atom. The molecule has 0 saturated carbocycles. The van der Waals surface area contributed by atoms with Crippen LogP contribution in [0.3, 0.4) is 0 Å². The summed E-state index contributed by atoms with van der Waals surface area (Å²) in [4.78, 5) is 46.2. The lowest BCUT2D eigenvalue weighted by Gasteiger charge is -2.38. The zero-order valence-electron chi connectivity index (χ0n) is 24.2. The molecule has 2 aromatic rings. The third-order valence-corrected chi connectivity index (χ3v) is 10.4. The Labute approximate surface area is 273 Å². The van der Waals surface area contributed by atoms with Gasteiger partial charge in [-0.15, -0.1) is 0 Å². The number of esters is 1. The number of aliphatic hydroxyl groups excluding tert-OH is 1. The summed E-state index contributed by atoms with van der Waals surface area (Å²) in [7, 11) is 1.21. The Kier molecular flexibility index (Phi) is 10.7. The maximum atomic E-state index is 13.4. The molecule has 2 aliphatic heterocycles. The van der Waals surface area contributed by atoms with Crippen LogP contribution in [0, 0.1) is 11.8 Å². The summed E-state index contributed by atoms with van der Waals surface area (Å²) in [6.45, 7) is 1.88. The van der Waals surface area contributed by atoms with Crippen LogP contribution < -0.4 is 5.32 Å². The molecule has 1 aromatic carbocycles. The molecule has 2 fully saturated rings. The number of piperidine rings is 2. The molecule has 3 amide bonds. The lowest BCUT2D eigenvalue weighted by atomic mass is 9.76. The molecule has 43 heavy (non-hydrogen) atoms. The first-order valence-corrected chi connectivity index (χ1v) is 16.8. The van der Waals surface area contributed by atoms with Crippen LogP contribution >= 0.6 is 43.5 Å². The molecule has 0 bridgehead atoms. The minimum absolute atomic E-state index is 0.129. The van der Waals surface area contributed by atoms with Gasteiger partial charge in [0.1, 0.15) is 0 Å². The van der Waals surface area contributed by atoms with Gasteiger partial charge < -0.3 is 25.0 Å². The van der Waals surface area contributed by atoms with E-state index in [0.29, 0.717) is 51.4 Å². The number of ether oxygens (including phenoxy) is 1. The molecule has 2 N–H and O–H groups in total. The van der Waals surface area contributed by atoms with E-state index in [1.54, 1.807) is 4.90 Å². The number of pyridine rings is 1. The number of methoxy groups -OCH3 is 1. The normalized spacial score (nSPS) is 20.1. The number of likely N-dealkylation sites (tertiary alicyclic amines) is 2. The number of benzene rings is 1. The predicted octanol–water partition coefficient (Wildman–Crippen LogP) is 5.07. The highest BCUT2D eigenvalue weighted by Crippen LogP contribution is 2.46. The fourth-order valence-corrected chi connectivity index (χ4v) is 8.29. The summed E-state index contributed by atoms with van der Waals surface area (Å²) >= 11 is 13.9. The minimum Gasteiger partial charge on any atom is -0.467 e. The monoisotopic (exact) mass is 738 g/mol. The number of aliphatic hydroxyl groups is 1. The summed E-state index contributed by atoms with van der Waals surface area (Å²) in [5.41, 5.74) is 4.92. The number of carbonyl (C=O) groups excluding carboxylic acids is 3. The number of nitrogens with zero attached hydrogens (tertiary/aromatic N) is 3. The lowest BCUT2D eigenvalue weighted by Crippen LogP contribution is -2.52. The summed E-state index contributed by atoms with van der Waals surface area (Å²) in [6.07, 6.45) is 7.38. The number of rotatable bonds is 6. The smallest absolute Gasteiger partial charge is 0.330 e.